The summed E-state index contributed by atoms with van der Waals surface area (Å²) in [6.07, 6.45) is 4.43. The van der Waals surface area contributed by atoms with Crippen LogP contribution in [0.25, 0.3) is 0 Å². The second kappa shape index (κ2) is 5.99. The third-order valence-corrected chi connectivity index (χ3v) is 3.74. The van der Waals surface area contributed by atoms with Crippen molar-refractivity contribution in [1.82, 2.24) is 5.16 Å². The fourth-order valence-electron chi connectivity index (χ4n) is 2.59. The number of hydrogen-bond donors (Lipinski definition) is 1. The van der Waals surface area contributed by atoms with E-state index in [0.717, 1.165) is 48.3 Å². The number of benzene rings is 1. The van der Waals surface area contributed by atoms with Crippen molar-refractivity contribution in [2.24, 2.45) is 0 Å². The van der Waals surface area contributed by atoms with Gasteiger partial charge in [-0.05, 0) is 43.4 Å². The van der Waals surface area contributed by atoms with Gasteiger partial charge in [-0.1, -0.05) is 17.3 Å². The number of amides is 1. The van der Waals surface area contributed by atoms with E-state index in [0.29, 0.717) is 12.3 Å². The molecule has 1 aromatic heterocycles. The monoisotopic (exact) mass is 286 g/mol. The molecule has 1 aliphatic rings. The number of aryl methyl sites for hydroxylation is 1. The van der Waals surface area contributed by atoms with Crippen LogP contribution in [-0.2, 0) is 24.1 Å². The first-order chi connectivity index (χ1) is 10.3. The Hall–Kier alpha value is -2.30. The van der Waals surface area contributed by atoms with Gasteiger partial charge in [-0.2, -0.15) is 0 Å². The van der Waals surface area contributed by atoms with E-state index >= 15 is 0 Å². The second-order valence-corrected chi connectivity index (χ2v) is 5.22. The van der Waals surface area contributed by atoms with E-state index in [1.165, 1.54) is 0 Å². The first kappa shape index (κ1) is 13.7. The van der Waals surface area contributed by atoms with Gasteiger partial charge in [0.25, 0.3) is 0 Å². The Labute approximate surface area is 123 Å². The van der Waals surface area contributed by atoms with E-state index in [2.05, 4.69) is 10.5 Å². The molecule has 3 rings (SSSR count). The van der Waals surface area contributed by atoms with Crippen LogP contribution in [0.4, 0.5) is 5.88 Å². The molecule has 0 aliphatic heterocycles. The average Bonchev–Trinajstić information content (AvgIpc) is 2.91. The van der Waals surface area contributed by atoms with Crippen LogP contribution in [0.2, 0.25) is 0 Å². The van der Waals surface area contributed by atoms with Gasteiger partial charge in [-0.25, -0.2) is 0 Å². The molecule has 1 aliphatic carbocycles. The zero-order chi connectivity index (χ0) is 14.7. The summed E-state index contributed by atoms with van der Waals surface area (Å²) >= 11 is 0. The van der Waals surface area contributed by atoms with Gasteiger partial charge < -0.3 is 9.26 Å². The van der Waals surface area contributed by atoms with E-state index in [1.807, 2.05) is 24.3 Å². The number of nitrogens with one attached hydrogen (secondary N) is 1. The maximum atomic E-state index is 12.1. The van der Waals surface area contributed by atoms with Gasteiger partial charge in [0, 0.05) is 5.56 Å². The van der Waals surface area contributed by atoms with Gasteiger partial charge in [0.15, 0.2) is 0 Å². The normalized spacial score (nSPS) is 13.6. The molecule has 0 spiro atoms. The topological polar surface area (TPSA) is 64.4 Å². The van der Waals surface area contributed by atoms with Crippen molar-refractivity contribution in [3.05, 3.63) is 41.1 Å². The van der Waals surface area contributed by atoms with Crippen LogP contribution in [0.15, 0.2) is 28.8 Å². The quantitative estimate of drug-likeness (QED) is 0.938. The molecule has 21 heavy (non-hydrogen) atoms. The minimum atomic E-state index is -0.0929. The fourth-order valence-corrected chi connectivity index (χ4v) is 2.59. The van der Waals surface area contributed by atoms with Crippen molar-refractivity contribution >= 4 is 11.8 Å². The molecule has 0 bridgehead atoms. The lowest BCUT2D eigenvalue weighted by atomic mass is 9.97. The molecule has 2 aromatic rings. The van der Waals surface area contributed by atoms with Gasteiger partial charge in [0.05, 0.1) is 19.2 Å². The first-order valence-corrected chi connectivity index (χ1v) is 7.16. The third-order valence-electron chi connectivity index (χ3n) is 3.74. The number of anilines is 1. The first-order valence-electron chi connectivity index (χ1n) is 7.16. The Morgan fingerprint density at radius 1 is 1.29 bits per heavy atom. The number of fused-ring (bicyclic) bond motifs is 1. The Kier molecular flexibility index (Phi) is 3.90. The van der Waals surface area contributed by atoms with E-state index in [1.54, 1.807) is 7.11 Å². The lowest BCUT2D eigenvalue weighted by molar-refractivity contribution is -0.115. The Balaban J connectivity index is 1.64. The highest BCUT2D eigenvalue weighted by atomic mass is 16.5. The molecule has 1 amide bonds. The summed E-state index contributed by atoms with van der Waals surface area (Å²) in [5.41, 5.74) is 2.98. The molecule has 5 heteroatoms. The number of hydrogen-bond acceptors (Lipinski definition) is 4. The largest absolute Gasteiger partial charge is 0.497 e. The summed E-state index contributed by atoms with van der Waals surface area (Å²) in [6, 6.07) is 7.46. The Morgan fingerprint density at radius 3 is 2.81 bits per heavy atom. The summed E-state index contributed by atoms with van der Waals surface area (Å²) in [5.74, 6) is 1.20. The van der Waals surface area contributed by atoms with Crippen LogP contribution >= 0.6 is 0 Å². The molecule has 1 aromatic carbocycles. The van der Waals surface area contributed by atoms with Crippen molar-refractivity contribution in [2.75, 3.05) is 12.4 Å². The molecule has 110 valence electrons. The van der Waals surface area contributed by atoms with E-state index in [4.69, 9.17) is 9.26 Å². The molecule has 1 N–H and O–H groups in total. The average molecular weight is 286 g/mol. The molecule has 1 heterocycles. The molecular formula is C16H18N2O3. The molecule has 0 unspecified atom stereocenters. The van der Waals surface area contributed by atoms with Crippen molar-refractivity contribution in [1.29, 1.82) is 0 Å². The fraction of sp³-hybridized carbons (Fsp3) is 0.375. The Morgan fingerprint density at radius 2 is 2.05 bits per heavy atom. The lowest BCUT2D eigenvalue weighted by Crippen LogP contribution is -2.15. The van der Waals surface area contributed by atoms with Crippen LogP contribution in [0.1, 0.15) is 29.7 Å². The van der Waals surface area contributed by atoms with Crippen molar-refractivity contribution in [2.45, 2.75) is 32.1 Å². The van der Waals surface area contributed by atoms with Crippen LogP contribution in [0, 0.1) is 0 Å². The van der Waals surface area contributed by atoms with Gasteiger partial charge in [0.1, 0.15) is 5.75 Å². The van der Waals surface area contributed by atoms with E-state index in [9.17, 15) is 4.79 Å². The number of methoxy groups -OCH3 is 1. The minimum absolute atomic E-state index is 0.0929. The van der Waals surface area contributed by atoms with Gasteiger partial charge in [0.2, 0.25) is 11.8 Å². The number of ether oxygens (including phenoxy) is 1. The maximum Gasteiger partial charge on any atom is 0.234 e. The van der Waals surface area contributed by atoms with Crippen molar-refractivity contribution in [3.8, 4) is 5.75 Å². The highest BCUT2D eigenvalue weighted by molar-refractivity contribution is 5.91. The van der Waals surface area contributed by atoms with Crippen LogP contribution < -0.4 is 10.1 Å². The Bertz CT molecular complexity index is 631. The summed E-state index contributed by atoms with van der Waals surface area (Å²) in [4.78, 5) is 12.1. The summed E-state index contributed by atoms with van der Waals surface area (Å²) in [6.45, 7) is 0. The third kappa shape index (κ3) is 3.07. The SMILES string of the molecule is COc1ccc(CC(=O)Nc2onc3c2CCCC3)cc1. The lowest BCUT2D eigenvalue weighted by Gasteiger charge is -2.09. The maximum absolute atomic E-state index is 12.1. The number of nitrogens with zero attached hydrogens (tertiary/aromatic N) is 1. The highest BCUT2D eigenvalue weighted by Crippen LogP contribution is 2.27. The molecule has 5 nitrogen and oxygen atoms in total. The number of carbonyl (C=O) groups is 1. The molecular weight excluding hydrogens is 268 g/mol. The smallest absolute Gasteiger partial charge is 0.234 e. The minimum Gasteiger partial charge on any atom is -0.497 e. The number of carbonyl (C=O) groups excluding carboxylic acids is 1. The predicted molar refractivity (Wildman–Crippen MR) is 78.5 cm³/mol. The van der Waals surface area contributed by atoms with Crippen LogP contribution in [-0.4, -0.2) is 18.2 Å². The van der Waals surface area contributed by atoms with E-state index < -0.39 is 0 Å². The molecule has 0 saturated carbocycles. The molecule has 0 atom stereocenters. The molecule has 0 fully saturated rings. The van der Waals surface area contributed by atoms with Gasteiger partial charge in [-0.15, -0.1) is 0 Å². The molecule has 0 radical (unpaired) electrons. The summed E-state index contributed by atoms with van der Waals surface area (Å²) in [5, 5.41) is 6.86. The number of aromatic nitrogens is 1. The van der Waals surface area contributed by atoms with Gasteiger partial charge >= 0.3 is 0 Å². The zero-order valence-electron chi connectivity index (χ0n) is 12.0. The molecule has 0 saturated heterocycles. The van der Waals surface area contributed by atoms with E-state index in [-0.39, 0.29) is 5.91 Å². The zero-order valence-corrected chi connectivity index (χ0v) is 12.0. The standard InChI is InChI=1S/C16H18N2O3/c1-20-12-8-6-11(7-9-12)10-15(19)17-16-13-4-2-3-5-14(13)18-21-16/h6-9H,2-5,10H2,1H3,(H,17,19). The second-order valence-electron chi connectivity index (χ2n) is 5.22. The van der Waals surface area contributed by atoms with Crippen LogP contribution in [0.3, 0.4) is 0 Å². The van der Waals surface area contributed by atoms with Crippen LogP contribution in [0.5, 0.6) is 5.75 Å². The predicted octanol–water partition coefficient (Wildman–Crippen LogP) is 2.74. The van der Waals surface area contributed by atoms with Gasteiger partial charge in [-0.3, -0.25) is 10.1 Å². The number of rotatable bonds is 4. The summed E-state index contributed by atoms with van der Waals surface area (Å²) in [7, 11) is 1.62. The summed E-state index contributed by atoms with van der Waals surface area (Å²) < 4.78 is 10.4. The highest BCUT2D eigenvalue weighted by Gasteiger charge is 2.20. The van der Waals surface area contributed by atoms with Crippen molar-refractivity contribution < 1.29 is 14.1 Å². The van der Waals surface area contributed by atoms with Crippen molar-refractivity contribution in [3.63, 3.8) is 0 Å².